The first kappa shape index (κ1) is 26.6. The third-order valence-corrected chi connectivity index (χ3v) is 7.45. The Morgan fingerprint density at radius 2 is 1.31 bits per heavy atom. The standard InChI is InChI=1S/C33H31N3O2S/c1-32(25-13-4-3-5-14-25,26-15-6-7-16-27(26)39)28-18-12-19-30(36-28)33(2,29-17-8-10-21-34-29)38-24-23-37-31-20-9-11-22-35-31/h3-22,39H,23-24H2,1-2H3. The monoisotopic (exact) mass is 533 g/mol. The summed E-state index contributed by atoms with van der Waals surface area (Å²) >= 11 is 4.84. The van der Waals surface area contributed by atoms with Crippen LogP contribution in [-0.4, -0.2) is 28.2 Å². The van der Waals surface area contributed by atoms with E-state index < -0.39 is 11.0 Å². The van der Waals surface area contributed by atoms with Gasteiger partial charge in [-0.05, 0) is 61.4 Å². The van der Waals surface area contributed by atoms with Gasteiger partial charge in [0, 0.05) is 23.4 Å². The Morgan fingerprint density at radius 1 is 0.641 bits per heavy atom. The lowest BCUT2D eigenvalue weighted by molar-refractivity contribution is -0.0239. The minimum Gasteiger partial charge on any atom is -0.475 e. The summed E-state index contributed by atoms with van der Waals surface area (Å²) in [6, 6.07) is 36.1. The number of nitrogens with zero attached hydrogens (tertiary/aromatic N) is 3. The largest absolute Gasteiger partial charge is 0.475 e. The summed E-state index contributed by atoms with van der Waals surface area (Å²) in [7, 11) is 0. The maximum Gasteiger partial charge on any atom is 0.213 e. The Hall–Kier alpha value is -4.00. The molecule has 0 aliphatic carbocycles. The summed E-state index contributed by atoms with van der Waals surface area (Å²) in [5, 5.41) is 0. The molecular formula is C33H31N3O2S. The summed E-state index contributed by atoms with van der Waals surface area (Å²) in [6.07, 6.45) is 3.48. The molecule has 0 bridgehead atoms. The van der Waals surface area contributed by atoms with E-state index in [2.05, 4.69) is 53.3 Å². The van der Waals surface area contributed by atoms with Gasteiger partial charge >= 0.3 is 0 Å². The van der Waals surface area contributed by atoms with Gasteiger partial charge in [-0.15, -0.1) is 12.6 Å². The third kappa shape index (κ3) is 5.58. The van der Waals surface area contributed by atoms with Crippen LogP contribution in [0.1, 0.15) is 42.1 Å². The zero-order chi connectivity index (χ0) is 27.1. The average Bonchev–Trinajstić information content (AvgIpc) is 3.00. The van der Waals surface area contributed by atoms with Crippen molar-refractivity contribution in [2.75, 3.05) is 13.2 Å². The highest BCUT2D eigenvalue weighted by molar-refractivity contribution is 7.80. The molecule has 0 saturated carbocycles. The molecule has 0 amide bonds. The quantitative estimate of drug-likeness (QED) is 0.157. The van der Waals surface area contributed by atoms with Crippen molar-refractivity contribution in [3.63, 3.8) is 0 Å². The molecule has 3 heterocycles. The van der Waals surface area contributed by atoms with Crippen LogP contribution in [0.2, 0.25) is 0 Å². The van der Waals surface area contributed by atoms with Crippen molar-refractivity contribution in [3.05, 3.63) is 150 Å². The molecule has 5 nitrogen and oxygen atoms in total. The molecule has 5 rings (SSSR count). The van der Waals surface area contributed by atoms with Crippen LogP contribution in [0.25, 0.3) is 0 Å². The molecule has 0 aliphatic rings. The zero-order valence-corrected chi connectivity index (χ0v) is 23.0. The van der Waals surface area contributed by atoms with Crippen molar-refractivity contribution in [1.82, 2.24) is 15.0 Å². The van der Waals surface area contributed by atoms with Crippen molar-refractivity contribution >= 4 is 12.6 Å². The van der Waals surface area contributed by atoms with E-state index in [1.54, 1.807) is 12.4 Å². The van der Waals surface area contributed by atoms with Crippen LogP contribution < -0.4 is 4.74 Å². The van der Waals surface area contributed by atoms with Gasteiger partial charge in [-0.2, -0.15) is 0 Å². The molecule has 0 saturated heterocycles. The van der Waals surface area contributed by atoms with E-state index >= 15 is 0 Å². The predicted octanol–water partition coefficient (Wildman–Crippen LogP) is 6.87. The lowest BCUT2D eigenvalue weighted by atomic mass is 9.73. The van der Waals surface area contributed by atoms with Gasteiger partial charge in [-0.1, -0.05) is 66.7 Å². The first-order valence-corrected chi connectivity index (χ1v) is 13.4. The van der Waals surface area contributed by atoms with Gasteiger partial charge < -0.3 is 9.47 Å². The number of hydrogen-bond acceptors (Lipinski definition) is 6. The average molecular weight is 534 g/mol. The SMILES string of the molecule is CC(OCCOc1ccccn1)(c1ccccn1)c1cccc(C(C)(c2ccccc2)c2ccccc2S)n1. The first-order valence-electron chi connectivity index (χ1n) is 12.9. The minimum atomic E-state index is -0.914. The van der Waals surface area contributed by atoms with E-state index in [1.165, 1.54) is 0 Å². The van der Waals surface area contributed by atoms with Crippen molar-refractivity contribution in [2.45, 2.75) is 29.8 Å². The number of ether oxygens (including phenoxy) is 2. The molecule has 0 fully saturated rings. The van der Waals surface area contributed by atoms with Crippen LogP contribution in [0.5, 0.6) is 5.88 Å². The van der Waals surface area contributed by atoms with E-state index in [-0.39, 0.29) is 0 Å². The fourth-order valence-corrected chi connectivity index (χ4v) is 5.22. The van der Waals surface area contributed by atoms with Gasteiger partial charge in [0.25, 0.3) is 0 Å². The van der Waals surface area contributed by atoms with Gasteiger partial charge in [-0.3, -0.25) is 9.97 Å². The van der Waals surface area contributed by atoms with Crippen LogP contribution in [0.15, 0.2) is 126 Å². The fraction of sp³-hybridized carbons (Fsp3) is 0.182. The minimum absolute atomic E-state index is 0.324. The van der Waals surface area contributed by atoms with Crippen molar-refractivity contribution in [3.8, 4) is 5.88 Å². The molecule has 2 atom stereocenters. The highest BCUT2D eigenvalue weighted by atomic mass is 32.1. The highest BCUT2D eigenvalue weighted by Crippen LogP contribution is 2.41. The van der Waals surface area contributed by atoms with Gasteiger partial charge in [0.15, 0.2) is 0 Å². The molecule has 2 unspecified atom stereocenters. The summed E-state index contributed by atoms with van der Waals surface area (Å²) < 4.78 is 12.3. The summed E-state index contributed by atoms with van der Waals surface area (Å²) in [5.74, 6) is 0.560. The molecule has 196 valence electrons. The number of aromatic nitrogens is 3. The molecule has 0 aliphatic heterocycles. The first-order chi connectivity index (χ1) is 19.0. The third-order valence-electron chi connectivity index (χ3n) is 7.06. The number of rotatable bonds is 10. The molecule has 0 spiro atoms. The Labute approximate surface area is 235 Å². The van der Waals surface area contributed by atoms with Crippen molar-refractivity contribution in [2.24, 2.45) is 0 Å². The molecule has 2 aromatic carbocycles. The van der Waals surface area contributed by atoms with Crippen LogP contribution >= 0.6 is 12.6 Å². The highest BCUT2D eigenvalue weighted by Gasteiger charge is 2.38. The molecule has 0 radical (unpaired) electrons. The Balaban J connectivity index is 1.55. The van der Waals surface area contributed by atoms with Crippen LogP contribution in [0.4, 0.5) is 0 Å². The number of benzene rings is 2. The topological polar surface area (TPSA) is 57.1 Å². The summed E-state index contributed by atoms with van der Waals surface area (Å²) in [5.41, 5.74) is 3.15. The normalized spacial score (nSPS) is 14.2. The predicted molar refractivity (Wildman–Crippen MR) is 156 cm³/mol. The molecule has 39 heavy (non-hydrogen) atoms. The lowest BCUT2D eigenvalue weighted by Gasteiger charge is -2.34. The van der Waals surface area contributed by atoms with Gasteiger partial charge in [0.2, 0.25) is 5.88 Å². The van der Waals surface area contributed by atoms with E-state index in [4.69, 9.17) is 27.1 Å². The van der Waals surface area contributed by atoms with Crippen molar-refractivity contribution < 1.29 is 9.47 Å². The van der Waals surface area contributed by atoms with Crippen LogP contribution in [0, 0.1) is 0 Å². The van der Waals surface area contributed by atoms with E-state index in [0.29, 0.717) is 19.1 Å². The van der Waals surface area contributed by atoms with Gasteiger partial charge in [0.05, 0.1) is 29.1 Å². The van der Waals surface area contributed by atoms with Crippen LogP contribution in [0.3, 0.4) is 0 Å². The Bertz CT molecular complexity index is 1500. The second kappa shape index (κ2) is 11.8. The second-order valence-corrected chi connectivity index (χ2v) is 10.0. The van der Waals surface area contributed by atoms with Crippen LogP contribution in [-0.2, 0) is 15.8 Å². The fourth-order valence-electron chi connectivity index (χ4n) is 4.84. The molecule has 6 heteroatoms. The number of pyridine rings is 3. The van der Waals surface area contributed by atoms with Crippen molar-refractivity contribution in [1.29, 1.82) is 0 Å². The van der Waals surface area contributed by atoms with E-state index in [0.717, 1.165) is 33.1 Å². The molecular weight excluding hydrogens is 502 g/mol. The van der Waals surface area contributed by atoms with Gasteiger partial charge in [-0.25, -0.2) is 4.98 Å². The second-order valence-electron chi connectivity index (χ2n) is 9.53. The lowest BCUT2D eigenvalue weighted by Crippen LogP contribution is -2.34. The molecule has 3 aromatic heterocycles. The molecule has 5 aromatic rings. The smallest absolute Gasteiger partial charge is 0.213 e. The maximum atomic E-state index is 6.53. The summed E-state index contributed by atoms with van der Waals surface area (Å²) in [4.78, 5) is 15.1. The van der Waals surface area contributed by atoms with Gasteiger partial charge in [0.1, 0.15) is 12.2 Å². The van der Waals surface area contributed by atoms with E-state index in [1.807, 2.05) is 79.7 Å². The zero-order valence-electron chi connectivity index (χ0n) is 22.1. The van der Waals surface area contributed by atoms with E-state index in [9.17, 15) is 0 Å². The summed E-state index contributed by atoms with van der Waals surface area (Å²) in [6.45, 7) is 4.87. The molecule has 0 N–H and O–H groups in total. The Kier molecular flexibility index (Phi) is 8.05. The number of thiol groups is 1. The maximum absolute atomic E-state index is 6.53. The number of hydrogen-bond donors (Lipinski definition) is 1. The Morgan fingerprint density at radius 3 is 2.03 bits per heavy atom.